The summed E-state index contributed by atoms with van der Waals surface area (Å²) in [4.78, 5) is 8.06. The van der Waals surface area contributed by atoms with Crippen LogP contribution in [0, 0.1) is 0 Å². The van der Waals surface area contributed by atoms with Crippen molar-refractivity contribution in [1.82, 2.24) is 15.3 Å². The van der Waals surface area contributed by atoms with Gasteiger partial charge in [0.1, 0.15) is 5.82 Å². The van der Waals surface area contributed by atoms with Gasteiger partial charge in [-0.25, -0.2) is 4.98 Å². The number of para-hydroxylation sites is 2. The molecule has 1 aliphatic heterocycles. The third-order valence-electron chi connectivity index (χ3n) is 3.09. The van der Waals surface area contributed by atoms with Gasteiger partial charge in [-0.3, -0.25) is 0 Å². The first-order valence-corrected chi connectivity index (χ1v) is 5.59. The number of fused-ring (bicyclic) bond motifs is 1. The zero-order valence-corrected chi connectivity index (χ0v) is 9.89. The fourth-order valence-electron chi connectivity index (χ4n) is 2.25. The first-order valence-electron chi connectivity index (χ1n) is 5.59. The van der Waals surface area contributed by atoms with Crippen molar-refractivity contribution in [2.45, 2.75) is 18.8 Å². The molecule has 2 heterocycles. The van der Waals surface area contributed by atoms with E-state index in [1.54, 1.807) is 0 Å². The molecule has 0 radical (unpaired) electrons. The van der Waals surface area contributed by atoms with E-state index < -0.39 is 0 Å². The number of halogens is 1. The molecular formula is C12H16ClN3. The first-order chi connectivity index (χ1) is 7.43. The molecule has 1 aromatic heterocycles. The van der Waals surface area contributed by atoms with Gasteiger partial charge in [-0.05, 0) is 31.5 Å². The van der Waals surface area contributed by atoms with Crippen molar-refractivity contribution in [3.63, 3.8) is 0 Å². The van der Waals surface area contributed by atoms with Gasteiger partial charge in [0.2, 0.25) is 0 Å². The molecule has 1 aliphatic rings. The zero-order chi connectivity index (χ0) is 10.1. The molecule has 2 N–H and O–H groups in total. The Hall–Kier alpha value is -1.06. The molecule has 86 valence electrons. The number of H-pyrrole nitrogens is 1. The number of nitrogens with one attached hydrogen (secondary N) is 2. The van der Waals surface area contributed by atoms with Gasteiger partial charge >= 0.3 is 0 Å². The molecule has 3 nitrogen and oxygen atoms in total. The molecule has 0 saturated carbocycles. The molecule has 1 fully saturated rings. The van der Waals surface area contributed by atoms with E-state index >= 15 is 0 Å². The number of piperidine rings is 1. The van der Waals surface area contributed by atoms with Crippen LogP contribution in [-0.4, -0.2) is 23.1 Å². The largest absolute Gasteiger partial charge is 0.342 e. The lowest BCUT2D eigenvalue weighted by atomic mass is 9.99. The van der Waals surface area contributed by atoms with Crippen molar-refractivity contribution >= 4 is 23.4 Å². The first kappa shape index (κ1) is 11.4. The SMILES string of the molecule is Cl.c1ccc2[nH]c(C3CCCNC3)nc2c1. The predicted molar refractivity (Wildman–Crippen MR) is 68.2 cm³/mol. The van der Waals surface area contributed by atoms with Crippen LogP contribution in [0.15, 0.2) is 24.3 Å². The Kier molecular flexibility index (Phi) is 3.46. The van der Waals surface area contributed by atoms with E-state index in [-0.39, 0.29) is 12.4 Å². The normalized spacial score (nSPS) is 20.6. The molecule has 3 rings (SSSR count). The Balaban J connectivity index is 0.000000963. The van der Waals surface area contributed by atoms with Crippen molar-refractivity contribution in [2.75, 3.05) is 13.1 Å². The van der Waals surface area contributed by atoms with Gasteiger partial charge in [-0.2, -0.15) is 0 Å². The Morgan fingerprint density at radius 1 is 1.25 bits per heavy atom. The highest BCUT2D eigenvalue weighted by atomic mass is 35.5. The highest BCUT2D eigenvalue weighted by molar-refractivity contribution is 5.85. The number of imidazole rings is 1. The number of nitrogens with zero attached hydrogens (tertiary/aromatic N) is 1. The van der Waals surface area contributed by atoms with Crippen LogP contribution in [0.2, 0.25) is 0 Å². The van der Waals surface area contributed by atoms with E-state index in [2.05, 4.69) is 27.4 Å². The van der Waals surface area contributed by atoms with Crippen LogP contribution in [0.4, 0.5) is 0 Å². The highest BCUT2D eigenvalue weighted by Crippen LogP contribution is 2.22. The van der Waals surface area contributed by atoms with Crippen LogP contribution >= 0.6 is 12.4 Å². The summed E-state index contributed by atoms with van der Waals surface area (Å²) < 4.78 is 0. The highest BCUT2D eigenvalue weighted by Gasteiger charge is 2.18. The molecule has 0 aliphatic carbocycles. The summed E-state index contributed by atoms with van der Waals surface area (Å²) >= 11 is 0. The monoisotopic (exact) mass is 237 g/mol. The fraction of sp³-hybridized carbons (Fsp3) is 0.417. The summed E-state index contributed by atoms with van der Waals surface area (Å²) in [5, 5.41) is 3.42. The Labute approximate surface area is 101 Å². The van der Waals surface area contributed by atoms with Crippen LogP contribution in [0.1, 0.15) is 24.6 Å². The van der Waals surface area contributed by atoms with Crippen molar-refractivity contribution in [3.05, 3.63) is 30.1 Å². The van der Waals surface area contributed by atoms with E-state index in [0.29, 0.717) is 5.92 Å². The second kappa shape index (κ2) is 4.85. The summed E-state index contributed by atoms with van der Waals surface area (Å²) in [7, 11) is 0. The number of hydrogen-bond acceptors (Lipinski definition) is 2. The zero-order valence-electron chi connectivity index (χ0n) is 9.07. The van der Waals surface area contributed by atoms with Gasteiger partial charge in [0.05, 0.1) is 11.0 Å². The van der Waals surface area contributed by atoms with Crippen LogP contribution in [-0.2, 0) is 0 Å². The smallest absolute Gasteiger partial charge is 0.111 e. The van der Waals surface area contributed by atoms with E-state index in [1.807, 2.05) is 12.1 Å². The number of benzene rings is 1. The second-order valence-corrected chi connectivity index (χ2v) is 4.18. The molecule has 0 amide bonds. The maximum Gasteiger partial charge on any atom is 0.111 e. The minimum Gasteiger partial charge on any atom is -0.342 e. The minimum absolute atomic E-state index is 0. The van der Waals surface area contributed by atoms with Gasteiger partial charge in [-0.1, -0.05) is 12.1 Å². The van der Waals surface area contributed by atoms with Crippen LogP contribution in [0.25, 0.3) is 11.0 Å². The van der Waals surface area contributed by atoms with Gasteiger partial charge in [-0.15, -0.1) is 12.4 Å². The van der Waals surface area contributed by atoms with Crippen LogP contribution in [0.3, 0.4) is 0 Å². The van der Waals surface area contributed by atoms with E-state index in [1.165, 1.54) is 12.8 Å². The molecule has 1 aromatic carbocycles. The minimum atomic E-state index is 0. The molecule has 1 unspecified atom stereocenters. The van der Waals surface area contributed by atoms with Crippen molar-refractivity contribution in [1.29, 1.82) is 0 Å². The molecule has 1 saturated heterocycles. The molecule has 16 heavy (non-hydrogen) atoms. The number of aromatic amines is 1. The average Bonchev–Trinajstić information content (AvgIpc) is 2.74. The van der Waals surface area contributed by atoms with Gasteiger partial charge in [0.15, 0.2) is 0 Å². The summed E-state index contributed by atoms with van der Waals surface area (Å²) in [5.41, 5.74) is 2.23. The maximum atomic E-state index is 4.64. The lowest BCUT2D eigenvalue weighted by Gasteiger charge is -2.20. The Morgan fingerprint density at radius 2 is 2.12 bits per heavy atom. The van der Waals surface area contributed by atoms with E-state index in [4.69, 9.17) is 0 Å². The summed E-state index contributed by atoms with van der Waals surface area (Å²) in [6, 6.07) is 8.23. The van der Waals surface area contributed by atoms with Crippen molar-refractivity contribution in [2.24, 2.45) is 0 Å². The predicted octanol–water partition coefficient (Wildman–Crippen LogP) is 2.45. The van der Waals surface area contributed by atoms with Crippen molar-refractivity contribution < 1.29 is 0 Å². The molecule has 0 bridgehead atoms. The van der Waals surface area contributed by atoms with Crippen molar-refractivity contribution in [3.8, 4) is 0 Å². The topological polar surface area (TPSA) is 40.7 Å². The van der Waals surface area contributed by atoms with Gasteiger partial charge in [0, 0.05) is 12.5 Å². The summed E-state index contributed by atoms with van der Waals surface area (Å²) in [5.74, 6) is 1.70. The maximum absolute atomic E-state index is 4.64. The molecular weight excluding hydrogens is 222 g/mol. The molecule has 2 aromatic rings. The lowest BCUT2D eigenvalue weighted by Crippen LogP contribution is -2.28. The third-order valence-corrected chi connectivity index (χ3v) is 3.09. The van der Waals surface area contributed by atoms with E-state index in [9.17, 15) is 0 Å². The number of hydrogen-bond donors (Lipinski definition) is 2. The standard InChI is InChI=1S/C12H15N3.ClH/c1-2-6-11-10(5-1)14-12(15-11)9-4-3-7-13-8-9;/h1-2,5-6,9,13H,3-4,7-8H2,(H,14,15);1H. The van der Waals surface area contributed by atoms with Gasteiger partial charge in [0.25, 0.3) is 0 Å². The summed E-state index contributed by atoms with van der Waals surface area (Å²) in [6.07, 6.45) is 2.49. The quantitative estimate of drug-likeness (QED) is 0.800. The van der Waals surface area contributed by atoms with Gasteiger partial charge < -0.3 is 10.3 Å². The summed E-state index contributed by atoms with van der Waals surface area (Å²) in [6.45, 7) is 2.20. The fourth-order valence-corrected chi connectivity index (χ4v) is 2.25. The number of rotatable bonds is 1. The van der Waals surface area contributed by atoms with Crippen LogP contribution in [0.5, 0.6) is 0 Å². The third kappa shape index (κ3) is 2.06. The second-order valence-electron chi connectivity index (χ2n) is 4.18. The Bertz CT molecular complexity index is 427. The number of aromatic nitrogens is 2. The molecule has 0 spiro atoms. The lowest BCUT2D eigenvalue weighted by molar-refractivity contribution is 0.449. The Morgan fingerprint density at radius 3 is 2.88 bits per heavy atom. The molecule has 4 heteroatoms. The van der Waals surface area contributed by atoms with E-state index in [0.717, 1.165) is 29.9 Å². The average molecular weight is 238 g/mol. The van der Waals surface area contributed by atoms with Crippen LogP contribution < -0.4 is 5.32 Å². The molecule has 1 atom stereocenters.